The monoisotopic (exact) mass is 348 g/mol. The van der Waals surface area contributed by atoms with Crippen molar-refractivity contribution in [1.29, 1.82) is 0 Å². The molecule has 2 rings (SSSR count). The van der Waals surface area contributed by atoms with Gasteiger partial charge in [-0.3, -0.25) is 0 Å². The van der Waals surface area contributed by atoms with E-state index < -0.39 is 0 Å². The van der Waals surface area contributed by atoms with Crippen molar-refractivity contribution in [2.75, 3.05) is 0 Å². The molecular formula is C14H15Cl3N2S. The van der Waals surface area contributed by atoms with Gasteiger partial charge in [-0.25, -0.2) is 4.98 Å². The largest absolute Gasteiger partial charge is 0.301 e. The molecule has 0 aliphatic heterocycles. The Bertz CT molecular complexity index is 612. The summed E-state index contributed by atoms with van der Waals surface area (Å²) in [5.41, 5.74) is 1.97. The molecule has 6 heteroatoms. The Kier molecular flexibility index (Phi) is 5.32. The molecule has 0 bridgehead atoms. The second kappa shape index (κ2) is 6.63. The Labute approximate surface area is 138 Å². The minimum atomic E-state index is 0.0523. The Morgan fingerprint density at radius 2 is 1.80 bits per heavy atom. The number of hydrogen-bond acceptors (Lipinski definition) is 3. The Morgan fingerprint density at radius 3 is 2.40 bits per heavy atom. The highest BCUT2D eigenvalue weighted by Gasteiger charge is 2.18. The van der Waals surface area contributed by atoms with Crippen LogP contribution in [0.15, 0.2) is 17.5 Å². The minimum Gasteiger partial charge on any atom is -0.301 e. The number of thiazole rings is 1. The summed E-state index contributed by atoms with van der Waals surface area (Å²) in [6, 6.07) is 3.86. The van der Waals surface area contributed by atoms with Crippen LogP contribution in [0.1, 0.15) is 42.2 Å². The standard InChI is InChI=1S/C14H15Cl3N2S/c1-7-6-20-14(18-7)9(3)19-8(2)10-4-5-11(15)13(17)12(10)16/h4-6,8-9,19H,1-3H3. The summed E-state index contributed by atoms with van der Waals surface area (Å²) < 4.78 is 0. The van der Waals surface area contributed by atoms with Gasteiger partial charge in [-0.15, -0.1) is 11.3 Å². The predicted molar refractivity (Wildman–Crippen MR) is 88.3 cm³/mol. The lowest BCUT2D eigenvalue weighted by molar-refractivity contribution is 0.493. The van der Waals surface area contributed by atoms with E-state index in [0.717, 1.165) is 16.3 Å². The number of hydrogen-bond donors (Lipinski definition) is 1. The van der Waals surface area contributed by atoms with E-state index in [1.807, 2.05) is 25.3 Å². The van der Waals surface area contributed by atoms with Crippen LogP contribution in [0.3, 0.4) is 0 Å². The van der Waals surface area contributed by atoms with E-state index in [1.54, 1.807) is 17.4 Å². The fourth-order valence-electron chi connectivity index (χ4n) is 1.98. The average Bonchev–Trinajstić information content (AvgIpc) is 2.82. The molecule has 1 N–H and O–H groups in total. The maximum atomic E-state index is 6.26. The first-order valence-corrected chi connectivity index (χ1v) is 8.23. The van der Waals surface area contributed by atoms with Crippen molar-refractivity contribution in [2.45, 2.75) is 32.9 Å². The van der Waals surface area contributed by atoms with E-state index in [0.29, 0.717) is 15.1 Å². The lowest BCUT2D eigenvalue weighted by atomic mass is 10.1. The summed E-state index contributed by atoms with van der Waals surface area (Å²) in [7, 11) is 0. The van der Waals surface area contributed by atoms with Crippen LogP contribution in [-0.2, 0) is 0 Å². The first-order valence-electron chi connectivity index (χ1n) is 6.21. The number of benzene rings is 1. The molecule has 20 heavy (non-hydrogen) atoms. The van der Waals surface area contributed by atoms with Crippen LogP contribution in [0.2, 0.25) is 15.1 Å². The van der Waals surface area contributed by atoms with E-state index in [1.165, 1.54) is 0 Å². The zero-order valence-electron chi connectivity index (χ0n) is 11.4. The van der Waals surface area contributed by atoms with Crippen LogP contribution in [0, 0.1) is 6.92 Å². The van der Waals surface area contributed by atoms with Crippen LogP contribution < -0.4 is 5.32 Å². The molecule has 2 atom stereocenters. The van der Waals surface area contributed by atoms with Crippen LogP contribution in [0.4, 0.5) is 0 Å². The molecule has 0 radical (unpaired) electrons. The third-order valence-corrected chi connectivity index (χ3v) is 5.49. The quantitative estimate of drug-likeness (QED) is 0.703. The van der Waals surface area contributed by atoms with Gasteiger partial charge in [0.15, 0.2) is 0 Å². The van der Waals surface area contributed by atoms with E-state index in [4.69, 9.17) is 34.8 Å². The number of halogens is 3. The summed E-state index contributed by atoms with van der Waals surface area (Å²) in [5, 5.41) is 7.95. The maximum Gasteiger partial charge on any atom is 0.110 e. The van der Waals surface area contributed by atoms with Gasteiger partial charge < -0.3 is 5.32 Å². The summed E-state index contributed by atoms with van der Waals surface area (Å²) in [6.07, 6.45) is 0. The molecule has 0 saturated carbocycles. The Balaban J connectivity index is 2.16. The number of nitrogens with one attached hydrogen (secondary N) is 1. The molecule has 0 spiro atoms. The van der Waals surface area contributed by atoms with Gasteiger partial charge in [-0.2, -0.15) is 0 Å². The van der Waals surface area contributed by atoms with Gasteiger partial charge in [0, 0.05) is 17.1 Å². The van der Waals surface area contributed by atoms with Crippen LogP contribution in [-0.4, -0.2) is 4.98 Å². The molecule has 0 aliphatic rings. The fraction of sp³-hybridized carbons (Fsp3) is 0.357. The Morgan fingerprint density at radius 1 is 1.10 bits per heavy atom. The van der Waals surface area contributed by atoms with E-state index in [9.17, 15) is 0 Å². The first kappa shape index (κ1) is 16.1. The molecule has 1 aromatic carbocycles. The number of aromatic nitrogens is 1. The van der Waals surface area contributed by atoms with Crippen molar-refractivity contribution < 1.29 is 0 Å². The average molecular weight is 350 g/mol. The van der Waals surface area contributed by atoms with Crippen LogP contribution in [0.25, 0.3) is 0 Å². The van der Waals surface area contributed by atoms with Crippen molar-refractivity contribution in [1.82, 2.24) is 10.3 Å². The highest BCUT2D eigenvalue weighted by molar-refractivity contribution is 7.09. The molecule has 0 saturated heterocycles. The lowest BCUT2D eigenvalue weighted by Crippen LogP contribution is -2.22. The summed E-state index contributed by atoms with van der Waals surface area (Å²) >= 11 is 19.9. The first-order chi connectivity index (χ1) is 9.40. The Hall–Kier alpha value is -0.320. The molecule has 1 aromatic heterocycles. The van der Waals surface area contributed by atoms with Crippen molar-refractivity contribution in [3.05, 3.63) is 48.8 Å². The molecule has 2 unspecified atom stereocenters. The van der Waals surface area contributed by atoms with Gasteiger partial charge in [-0.05, 0) is 32.4 Å². The van der Waals surface area contributed by atoms with Crippen LogP contribution in [0.5, 0.6) is 0 Å². The summed E-state index contributed by atoms with van der Waals surface area (Å²) in [6.45, 7) is 6.12. The molecule has 2 aromatic rings. The molecular weight excluding hydrogens is 335 g/mol. The van der Waals surface area contributed by atoms with Gasteiger partial charge in [-0.1, -0.05) is 40.9 Å². The van der Waals surface area contributed by atoms with Crippen molar-refractivity contribution in [3.8, 4) is 0 Å². The number of rotatable bonds is 4. The van der Waals surface area contributed by atoms with Crippen LogP contribution >= 0.6 is 46.1 Å². The highest BCUT2D eigenvalue weighted by atomic mass is 35.5. The SMILES string of the molecule is Cc1csc(C(C)NC(C)c2ccc(Cl)c(Cl)c2Cl)n1. The van der Waals surface area contributed by atoms with Gasteiger partial charge in [0.05, 0.1) is 21.1 Å². The third-order valence-electron chi connectivity index (χ3n) is 3.04. The molecule has 0 amide bonds. The fourth-order valence-corrected chi connectivity index (χ4v) is 3.50. The molecule has 2 nitrogen and oxygen atoms in total. The molecule has 0 fully saturated rings. The topological polar surface area (TPSA) is 24.9 Å². The van der Waals surface area contributed by atoms with Gasteiger partial charge >= 0.3 is 0 Å². The van der Waals surface area contributed by atoms with E-state index >= 15 is 0 Å². The minimum absolute atomic E-state index is 0.0523. The van der Waals surface area contributed by atoms with E-state index in [-0.39, 0.29) is 12.1 Å². The zero-order valence-corrected chi connectivity index (χ0v) is 14.5. The maximum absolute atomic E-state index is 6.26. The second-order valence-corrected chi connectivity index (χ2v) is 6.75. The summed E-state index contributed by atoms with van der Waals surface area (Å²) in [5.74, 6) is 0. The van der Waals surface area contributed by atoms with Crippen molar-refractivity contribution >= 4 is 46.1 Å². The van der Waals surface area contributed by atoms with Crippen molar-refractivity contribution in [3.63, 3.8) is 0 Å². The third kappa shape index (κ3) is 3.46. The lowest BCUT2D eigenvalue weighted by Gasteiger charge is -2.20. The van der Waals surface area contributed by atoms with Gasteiger partial charge in [0.25, 0.3) is 0 Å². The molecule has 0 aliphatic carbocycles. The van der Waals surface area contributed by atoms with Gasteiger partial charge in [0.1, 0.15) is 5.01 Å². The predicted octanol–water partition coefficient (Wildman–Crippen LogP) is 5.82. The van der Waals surface area contributed by atoms with E-state index in [2.05, 4.69) is 17.2 Å². The molecule has 108 valence electrons. The highest BCUT2D eigenvalue weighted by Crippen LogP contribution is 2.36. The number of aryl methyl sites for hydroxylation is 1. The smallest absolute Gasteiger partial charge is 0.110 e. The zero-order chi connectivity index (χ0) is 14.9. The molecule has 1 heterocycles. The number of nitrogens with zero attached hydrogens (tertiary/aromatic N) is 1. The summed E-state index contributed by atoms with van der Waals surface area (Å²) in [4.78, 5) is 4.49. The second-order valence-electron chi connectivity index (χ2n) is 4.70. The van der Waals surface area contributed by atoms with Gasteiger partial charge in [0.2, 0.25) is 0 Å². The normalized spacial score (nSPS) is 14.3. The van der Waals surface area contributed by atoms with Crippen molar-refractivity contribution in [2.24, 2.45) is 0 Å².